The summed E-state index contributed by atoms with van der Waals surface area (Å²) in [6.45, 7) is 5.58. The molecule has 20 heavy (non-hydrogen) atoms. The molecule has 6 nitrogen and oxygen atoms in total. The van der Waals surface area contributed by atoms with Gasteiger partial charge in [-0.15, -0.1) is 0 Å². The van der Waals surface area contributed by atoms with Crippen molar-refractivity contribution in [2.75, 3.05) is 19.8 Å². The SMILES string of the molecule is CC(C)CC(NC(=O)CCOC1CCOCC1)C(=O)O. The minimum atomic E-state index is -0.989. The van der Waals surface area contributed by atoms with E-state index in [2.05, 4.69) is 5.32 Å². The van der Waals surface area contributed by atoms with Crippen molar-refractivity contribution in [1.29, 1.82) is 0 Å². The molecule has 1 fully saturated rings. The fourth-order valence-corrected chi connectivity index (χ4v) is 2.12. The van der Waals surface area contributed by atoms with E-state index in [0.717, 1.165) is 12.8 Å². The maximum absolute atomic E-state index is 11.7. The van der Waals surface area contributed by atoms with Gasteiger partial charge in [0.2, 0.25) is 5.91 Å². The molecule has 0 spiro atoms. The van der Waals surface area contributed by atoms with Crippen LogP contribution in [0, 0.1) is 5.92 Å². The summed E-state index contributed by atoms with van der Waals surface area (Å²) in [5.41, 5.74) is 0. The Hall–Kier alpha value is -1.14. The summed E-state index contributed by atoms with van der Waals surface area (Å²) in [4.78, 5) is 22.7. The molecule has 1 saturated heterocycles. The molecule has 0 aliphatic carbocycles. The molecule has 1 heterocycles. The largest absolute Gasteiger partial charge is 0.480 e. The van der Waals surface area contributed by atoms with Crippen molar-refractivity contribution in [1.82, 2.24) is 5.32 Å². The van der Waals surface area contributed by atoms with Crippen LogP contribution < -0.4 is 5.32 Å². The van der Waals surface area contributed by atoms with Crippen LogP contribution in [-0.4, -0.2) is 48.9 Å². The van der Waals surface area contributed by atoms with Gasteiger partial charge in [0.15, 0.2) is 0 Å². The van der Waals surface area contributed by atoms with Crippen molar-refractivity contribution in [2.24, 2.45) is 5.92 Å². The molecule has 1 aliphatic rings. The van der Waals surface area contributed by atoms with E-state index in [4.69, 9.17) is 14.6 Å². The molecule has 1 rings (SSSR count). The second kappa shape index (κ2) is 8.92. The Morgan fingerprint density at radius 3 is 2.55 bits per heavy atom. The number of hydrogen-bond donors (Lipinski definition) is 2. The number of hydrogen-bond acceptors (Lipinski definition) is 4. The monoisotopic (exact) mass is 287 g/mol. The zero-order valence-corrected chi connectivity index (χ0v) is 12.3. The standard InChI is InChI=1S/C14H25NO5/c1-10(2)9-12(14(17)18)15-13(16)5-8-20-11-3-6-19-7-4-11/h10-12H,3-9H2,1-2H3,(H,15,16)(H,17,18). The van der Waals surface area contributed by atoms with Gasteiger partial charge in [0.25, 0.3) is 0 Å². The van der Waals surface area contributed by atoms with E-state index < -0.39 is 12.0 Å². The minimum Gasteiger partial charge on any atom is -0.480 e. The average Bonchev–Trinajstić information content (AvgIpc) is 2.38. The van der Waals surface area contributed by atoms with Crippen molar-refractivity contribution in [3.05, 3.63) is 0 Å². The first-order valence-corrected chi connectivity index (χ1v) is 7.20. The smallest absolute Gasteiger partial charge is 0.326 e. The predicted molar refractivity (Wildman–Crippen MR) is 73.4 cm³/mol. The Bertz CT molecular complexity index is 313. The molecule has 0 saturated carbocycles. The van der Waals surface area contributed by atoms with Gasteiger partial charge in [-0.2, -0.15) is 0 Å². The Balaban J connectivity index is 2.21. The van der Waals surface area contributed by atoms with Crippen molar-refractivity contribution in [3.63, 3.8) is 0 Å². The number of carbonyl (C=O) groups excluding carboxylic acids is 1. The van der Waals surface area contributed by atoms with E-state index in [9.17, 15) is 9.59 Å². The maximum Gasteiger partial charge on any atom is 0.326 e. The lowest BCUT2D eigenvalue weighted by atomic mass is 10.0. The molecule has 0 aromatic rings. The van der Waals surface area contributed by atoms with E-state index in [1.54, 1.807) is 0 Å². The highest BCUT2D eigenvalue weighted by Gasteiger charge is 2.21. The minimum absolute atomic E-state index is 0.155. The molecular formula is C14H25NO5. The fraction of sp³-hybridized carbons (Fsp3) is 0.857. The summed E-state index contributed by atoms with van der Waals surface area (Å²) in [5.74, 6) is -1.04. The number of amides is 1. The van der Waals surface area contributed by atoms with E-state index in [1.807, 2.05) is 13.8 Å². The molecular weight excluding hydrogens is 262 g/mol. The number of rotatable bonds is 8. The maximum atomic E-state index is 11.7. The second-order valence-electron chi connectivity index (χ2n) is 5.52. The number of nitrogens with one attached hydrogen (secondary N) is 1. The predicted octanol–water partition coefficient (Wildman–Crippen LogP) is 1.19. The first-order valence-electron chi connectivity index (χ1n) is 7.20. The summed E-state index contributed by atoms with van der Waals surface area (Å²) in [7, 11) is 0. The van der Waals surface area contributed by atoms with E-state index in [1.165, 1.54) is 0 Å². The van der Waals surface area contributed by atoms with Crippen LogP contribution in [-0.2, 0) is 19.1 Å². The van der Waals surface area contributed by atoms with Crippen molar-refractivity contribution >= 4 is 11.9 Å². The summed E-state index contributed by atoms with van der Waals surface area (Å²) in [5, 5.41) is 11.6. The fourth-order valence-electron chi connectivity index (χ4n) is 2.12. The molecule has 1 aliphatic heterocycles. The van der Waals surface area contributed by atoms with Crippen LogP contribution in [0.3, 0.4) is 0 Å². The van der Waals surface area contributed by atoms with Crippen LogP contribution in [0.5, 0.6) is 0 Å². The summed E-state index contributed by atoms with van der Waals surface area (Å²) < 4.78 is 10.8. The van der Waals surface area contributed by atoms with Crippen molar-refractivity contribution in [2.45, 2.75) is 51.7 Å². The number of aliphatic carboxylic acids is 1. The van der Waals surface area contributed by atoms with E-state index in [0.29, 0.717) is 26.2 Å². The number of carboxylic acids is 1. The van der Waals surface area contributed by atoms with Crippen molar-refractivity contribution < 1.29 is 24.2 Å². The highest BCUT2D eigenvalue weighted by molar-refractivity contribution is 5.83. The number of carbonyl (C=O) groups is 2. The zero-order valence-electron chi connectivity index (χ0n) is 12.3. The Morgan fingerprint density at radius 2 is 2.00 bits per heavy atom. The van der Waals surface area contributed by atoms with Crippen LogP contribution in [0.2, 0.25) is 0 Å². The van der Waals surface area contributed by atoms with Gasteiger partial charge in [0, 0.05) is 19.6 Å². The molecule has 1 atom stereocenters. The lowest BCUT2D eigenvalue weighted by molar-refractivity contribution is -0.142. The van der Waals surface area contributed by atoms with Gasteiger partial charge in [-0.05, 0) is 25.2 Å². The van der Waals surface area contributed by atoms with Gasteiger partial charge >= 0.3 is 5.97 Å². The Morgan fingerprint density at radius 1 is 1.35 bits per heavy atom. The third-order valence-corrected chi connectivity index (χ3v) is 3.19. The average molecular weight is 287 g/mol. The number of ether oxygens (including phenoxy) is 2. The van der Waals surface area contributed by atoms with Crippen LogP contribution in [0.1, 0.15) is 39.5 Å². The first kappa shape index (κ1) is 16.9. The molecule has 0 aromatic carbocycles. The van der Waals surface area contributed by atoms with Gasteiger partial charge in [0.1, 0.15) is 6.04 Å². The highest BCUT2D eigenvalue weighted by atomic mass is 16.5. The molecule has 6 heteroatoms. The summed E-state index contributed by atoms with van der Waals surface area (Å²) in [6.07, 6.45) is 2.49. The molecule has 2 N–H and O–H groups in total. The Kier molecular flexibility index (Phi) is 7.54. The molecule has 1 unspecified atom stereocenters. The second-order valence-corrected chi connectivity index (χ2v) is 5.52. The topological polar surface area (TPSA) is 84.9 Å². The molecule has 0 bridgehead atoms. The zero-order chi connectivity index (χ0) is 15.0. The van der Waals surface area contributed by atoms with Gasteiger partial charge in [0.05, 0.1) is 12.7 Å². The van der Waals surface area contributed by atoms with Crippen molar-refractivity contribution in [3.8, 4) is 0 Å². The number of carboxylic acid groups (broad SMARTS) is 1. The van der Waals surface area contributed by atoms with Gasteiger partial charge in [-0.25, -0.2) is 4.79 Å². The van der Waals surface area contributed by atoms with Crippen LogP contribution in [0.4, 0.5) is 0 Å². The molecule has 116 valence electrons. The first-order chi connectivity index (χ1) is 9.49. The lowest BCUT2D eigenvalue weighted by Gasteiger charge is -2.22. The summed E-state index contributed by atoms with van der Waals surface area (Å²) in [6, 6.07) is -0.814. The highest BCUT2D eigenvalue weighted by Crippen LogP contribution is 2.11. The molecule has 0 radical (unpaired) electrons. The van der Waals surface area contributed by atoms with Gasteiger partial charge < -0.3 is 19.9 Å². The van der Waals surface area contributed by atoms with Gasteiger partial charge in [-0.1, -0.05) is 13.8 Å². The molecule has 1 amide bonds. The normalized spacial score (nSPS) is 17.9. The van der Waals surface area contributed by atoms with Gasteiger partial charge in [-0.3, -0.25) is 4.79 Å². The Labute approximate surface area is 119 Å². The van der Waals surface area contributed by atoms with Crippen LogP contribution in [0.15, 0.2) is 0 Å². The van der Waals surface area contributed by atoms with Crippen LogP contribution in [0.25, 0.3) is 0 Å². The lowest BCUT2D eigenvalue weighted by Crippen LogP contribution is -2.42. The van der Waals surface area contributed by atoms with Crippen LogP contribution >= 0.6 is 0 Å². The quantitative estimate of drug-likeness (QED) is 0.700. The van der Waals surface area contributed by atoms with E-state index in [-0.39, 0.29) is 24.3 Å². The van der Waals surface area contributed by atoms with E-state index >= 15 is 0 Å². The third kappa shape index (κ3) is 6.86. The molecule has 0 aromatic heterocycles. The summed E-state index contributed by atoms with van der Waals surface area (Å²) >= 11 is 0. The third-order valence-electron chi connectivity index (χ3n) is 3.19.